The Balaban J connectivity index is -0.000000853. The van der Waals surface area contributed by atoms with E-state index in [2.05, 4.69) is 4.98 Å². The van der Waals surface area contributed by atoms with Crippen LogP contribution in [0.2, 0.25) is 0 Å². The van der Waals surface area contributed by atoms with Crippen LogP contribution in [0.3, 0.4) is 0 Å². The maximum Gasteiger partial charge on any atom is 2.00 e. The second kappa shape index (κ2) is 5.79. The van der Waals surface area contributed by atoms with E-state index >= 15 is 0 Å². The number of hydrogen-bond donors (Lipinski definition) is 5. The molecule has 0 saturated heterocycles. The Morgan fingerprint density at radius 2 is 1.71 bits per heavy atom. The third-order valence-electron chi connectivity index (χ3n) is 1.89. The summed E-state index contributed by atoms with van der Waals surface area (Å²) >= 11 is 0. The Morgan fingerprint density at radius 1 is 1.24 bits per heavy atom. The summed E-state index contributed by atoms with van der Waals surface area (Å²) in [6, 6.07) is 0. The number of imidazole rings is 1. The van der Waals surface area contributed by atoms with Crippen molar-refractivity contribution in [3.63, 3.8) is 0 Å². The summed E-state index contributed by atoms with van der Waals surface area (Å²) in [7, 11) is -10.8. The van der Waals surface area contributed by atoms with E-state index in [1.807, 2.05) is 0 Å². The molecule has 9 nitrogen and oxygen atoms in total. The van der Waals surface area contributed by atoms with Crippen LogP contribution in [0.15, 0.2) is 18.7 Å². The van der Waals surface area contributed by atoms with Gasteiger partial charge in [-0.05, 0) is 0 Å². The van der Waals surface area contributed by atoms with Gasteiger partial charge >= 0.3 is 52.9 Å². The fraction of sp³-hybridized carbons (Fsp3) is 0.400. The van der Waals surface area contributed by atoms with E-state index in [1.165, 1.54) is 12.4 Å². The topological polar surface area (TPSA) is 153 Å². The van der Waals surface area contributed by atoms with Crippen LogP contribution in [0.4, 0.5) is 0 Å². The molecule has 17 heavy (non-hydrogen) atoms. The zero-order chi connectivity index (χ0) is 12.6. The average molecular weight is 314 g/mol. The van der Waals surface area contributed by atoms with E-state index in [0.717, 1.165) is 10.9 Å². The van der Waals surface area contributed by atoms with Crippen molar-refractivity contribution in [2.24, 2.45) is 0 Å². The third kappa shape index (κ3) is 3.84. The minimum absolute atomic E-state index is 0. The summed E-state index contributed by atoms with van der Waals surface area (Å²) in [6.45, 7) is -0.957. The van der Waals surface area contributed by atoms with Gasteiger partial charge in [-0.3, -0.25) is 9.13 Å². The van der Waals surface area contributed by atoms with Gasteiger partial charge in [-0.2, -0.15) is 0 Å². The molecule has 96 valence electrons. The van der Waals surface area contributed by atoms with Crippen molar-refractivity contribution in [3.8, 4) is 0 Å². The summed E-state index contributed by atoms with van der Waals surface area (Å²) in [4.78, 5) is 38.7. The largest absolute Gasteiger partial charge is 2.00 e. The first-order chi connectivity index (χ1) is 7.08. The molecule has 0 aliphatic heterocycles. The van der Waals surface area contributed by atoms with E-state index < -0.39 is 26.8 Å². The zero-order valence-corrected chi connectivity index (χ0v) is 12.5. The summed E-state index contributed by atoms with van der Waals surface area (Å²) in [5.74, 6) is 0. The van der Waals surface area contributed by atoms with Crippen molar-refractivity contribution in [2.45, 2.75) is 11.6 Å². The summed E-state index contributed by atoms with van der Waals surface area (Å²) in [5, 5.41) is 6.04. The number of aliphatic hydroxyl groups is 1. The predicted octanol–water partition coefficient (Wildman–Crippen LogP) is -1.27. The molecule has 1 heterocycles. The first-order valence-corrected chi connectivity index (χ1v) is 7.10. The summed E-state index contributed by atoms with van der Waals surface area (Å²) in [5.41, 5.74) is 0. The van der Waals surface area contributed by atoms with E-state index in [9.17, 15) is 14.2 Å². The van der Waals surface area contributed by atoms with Crippen molar-refractivity contribution in [1.82, 2.24) is 9.55 Å². The first kappa shape index (κ1) is 17.7. The standard InChI is InChI=1S/C5H10N2O7P2.Ca.2H/c8-5(15(9,10)11,16(12,13)14)3-7-2-1-6-4-7;;;/h1-2,4,8H,3H2,(H2,9,10,11)(H2,12,13,14);;;/q;+2;2*-1. The summed E-state index contributed by atoms with van der Waals surface area (Å²) in [6.07, 6.45) is 3.51. The van der Waals surface area contributed by atoms with E-state index in [4.69, 9.17) is 19.6 Å². The molecule has 1 aromatic heterocycles. The van der Waals surface area contributed by atoms with Crippen LogP contribution < -0.4 is 0 Å². The predicted molar refractivity (Wildman–Crippen MR) is 59.2 cm³/mol. The number of aromatic nitrogens is 2. The van der Waals surface area contributed by atoms with Crippen LogP contribution in [-0.2, 0) is 15.7 Å². The molecule has 12 heteroatoms. The number of rotatable bonds is 4. The molecule has 0 radical (unpaired) electrons. The normalized spacial score (nSPS) is 13.2. The summed E-state index contributed by atoms with van der Waals surface area (Å²) < 4.78 is 22.8. The van der Waals surface area contributed by atoms with Gasteiger partial charge in [-0.1, -0.05) is 0 Å². The number of nitrogens with zero attached hydrogens (tertiary/aromatic N) is 2. The molecule has 0 aromatic carbocycles. The minimum Gasteiger partial charge on any atom is -1.00 e. The molecular formula is C5H12CaN2O7P2. The Labute approximate surface area is 129 Å². The van der Waals surface area contributed by atoms with E-state index in [1.54, 1.807) is 0 Å². The molecule has 0 unspecified atom stereocenters. The van der Waals surface area contributed by atoms with Gasteiger partial charge in [-0.15, -0.1) is 0 Å². The fourth-order valence-corrected chi connectivity index (χ4v) is 3.03. The molecule has 0 amide bonds. The van der Waals surface area contributed by atoms with Crippen LogP contribution in [0.1, 0.15) is 2.85 Å². The molecule has 0 spiro atoms. The van der Waals surface area contributed by atoms with Crippen LogP contribution in [-0.4, -0.2) is 77.1 Å². The average Bonchev–Trinajstić information content (AvgIpc) is 2.52. The van der Waals surface area contributed by atoms with Gasteiger partial charge in [0.15, 0.2) is 0 Å². The molecule has 0 aliphatic carbocycles. The second-order valence-electron chi connectivity index (χ2n) is 3.10. The first-order valence-electron chi connectivity index (χ1n) is 3.87. The van der Waals surface area contributed by atoms with Gasteiger partial charge in [0.05, 0.1) is 12.9 Å². The molecule has 0 aliphatic rings. The van der Waals surface area contributed by atoms with E-state index in [-0.39, 0.29) is 40.6 Å². The molecular weight excluding hydrogens is 302 g/mol. The van der Waals surface area contributed by atoms with Gasteiger partial charge in [0, 0.05) is 12.4 Å². The van der Waals surface area contributed by atoms with Crippen LogP contribution in [0, 0.1) is 0 Å². The zero-order valence-electron chi connectivity index (χ0n) is 10.5. The quantitative estimate of drug-likeness (QED) is 0.340. The van der Waals surface area contributed by atoms with Crippen molar-refractivity contribution < 1.29 is 36.7 Å². The van der Waals surface area contributed by atoms with Gasteiger partial charge in [0.1, 0.15) is 0 Å². The van der Waals surface area contributed by atoms with Crippen molar-refractivity contribution in [2.75, 3.05) is 0 Å². The van der Waals surface area contributed by atoms with Gasteiger partial charge in [0.2, 0.25) is 0 Å². The Hall–Kier alpha value is 0.730. The Morgan fingerprint density at radius 3 is 2.00 bits per heavy atom. The maximum absolute atomic E-state index is 10.9. The minimum atomic E-state index is -5.41. The van der Waals surface area contributed by atoms with Crippen LogP contribution >= 0.6 is 15.2 Å². The molecule has 0 bridgehead atoms. The fourth-order valence-electron chi connectivity index (χ4n) is 0.979. The van der Waals surface area contributed by atoms with Gasteiger partial charge in [-0.25, -0.2) is 4.98 Å². The Bertz CT molecular complexity index is 438. The maximum atomic E-state index is 10.9. The molecule has 1 aromatic rings. The van der Waals surface area contributed by atoms with Gasteiger partial charge in [0.25, 0.3) is 5.08 Å². The molecule has 0 fully saturated rings. The van der Waals surface area contributed by atoms with Gasteiger partial charge < -0.3 is 32.1 Å². The third-order valence-corrected chi connectivity index (χ3v) is 5.60. The molecule has 1 rings (SSSR count). The molecule has 5 N–H and O–H groups in total. The van der Waals surface area contributed by atoms with Crippen LogP contribution in [0.25, 0.3) is 0 Å². The smallest absolute Gasteiger partial charge is 1.00 e. The SMILES string of the molecule is O=P(O)(O)C(O)(Cn1ccnc1)P(=O)(O)O.[Ca+2].[H-].[H-]. The molecule has 0 atom stereocenters. The van der Waals surface area contributed by atoms with Crippen LogP contribution in [0.5, 0.6) is 0 Å². The van der Waals surface area contributed by atoms with E-state index in [0.29, 0.717) is 0 Å². The van der Waals surface area contributed by atoms with Crippen molar-refractivity contribution in [3.05, 3.63) is 18.7 Å². The van der Waals surface area contributed by atoms with Crippen molar-refractivity contribution in [1.29, 1.82) is 0 Å². The number of hydrogen-bond acceptors (Lipinski definition) is 4. The van der Waals surface area contributed by atoms with Crippen molar-refractivity contribution >= 4 is 52.9 Å². The Kier molecular flexibility index (Phi) is 6.04. The second-order valence-corrected chi connectivity index (χ2v) is 7.11. The monoisotopic (exact) mass is 314 g/mol. The molecule has 0 saturated carbocycles.